The van der Waals surface area contributed by atoms with Crippen molar-refractivity contribution in [2.75, 3.05) is 0 Å². The molecule has 2 nitrogen and oxygen atoms in total. The third kappa shape index (κ3) is 2.37. The van der Waals surface area contributed by atoms with E-state index in [0.29, 0.717) is 21.4 Å². The van der Waals surface area contributed by atoms with E-state index in [2.05, 4.69) is 29.0 Å². The van der Waals surface area contributed by atoms with Gasteiger partial charge in [-0.25, -0.2) is 9.97 Å². The van der Waals surface area contributed by atoms with Crippen molar-refractivity contribution in [3.05, 3.63) is 58.2 Å². The van der Waals surface area contributed by atoms with Gasteiger partial charge in [0.05, 0.1) is 15.9 Å². The van der Waals surface area contributed by atoms with Crippen molar-refractivity contribution in [3.8, 4) is 11.4 Å². The summed E-state index contributed by atoms with van der Waals surface area (Å²) in [5.74, 6) is 0.618. The maximum Gasteiger partial charge on any atom is 0.161 e. The van der Waals surface area contributed by atoms with Crippen LogP contribution in [0, 0.1) is 0 Å². The lowest BCUT2D eigenvalue weighted by molar-refractivity contribution is 1.14. The predicted octanol–water partition coefficient (Wildman–Crippen LogP) is 5.17. The summed E-state index contributed by atoms with van der Waals surface area (Å²) >= 11 is 12.4. The molecule has 0 atom stereocenters. The molecule has 0 spiro atoms. The molecule has 0 unspecified atom stereocenters. The van der Waals surface area contributed by atoms with Gasteiger partial charge in [-0.05, 0) is 24.1 Å². The minimum atomic E-state index is 0.384. The number of rotatable bonds is 2. The zero-order valence-corrected chi connectivity index (χ0v) is 12.4. The van der Waals surface area contributed by atoms with E-state index < -0.39 is 0 Å². The van der Waals surface area contributed by atoms with E-state index in [1.807, 2.05) is 24.3 Å². The molecule has 0 radical (unpaired) electrons. The van der Waals surface area contributed by atoms with Gasteiger partial charge in [-0.2, -0.15) is 0 Å². The van der Waals surface area contributed by atoms with Crippen molar-refractivity contribution in [2.45, 2.75) is 13.3 Å². The number of halogens is 2. The Morgan fingerprint density at radius 3 is 2.40 bits per heavy atom. The zero-order chi connectivity index (χ0) is 14.1. The summed E-state index contributed by atoms with van der Waals surface area (Å²) < 4.78 is 0. The van der Waals surface area contributed by atoms with E-state index in [9.17, 15) is 0 Å². The number of fused-ring (bicyclic) bond motifs is 1. The summed E-state index contributed by atoms with van der Waals surface area (Å²) in [6.45, 7) is 2.13. The summed E-state index contributed by atoms with van der Waals surface area (Å²) in [5.41, 5.74) is 2.99. The van der Waals surface area contributed by atoms with Gasteiger partial charge in [0.1, 0.15) is 5.15 Å². The van der Waals surface area contributed by atoms with Crippen LogP contribution in [-0.4, -0.2) is 9.97 Å². The SMILES string of the molecule is CCc1ccc(-c2nc(Cl)c3c(Cl)cccc3n2)cc1. The van der Waals surface area contributed by atoms with E-state index in [0.717, 1.165) is 17.5 Å². The van der Waals surface area contributed by atoms with Crippen molar-refractivity contribution in [3.63, 3.8) is 0 Å². The van der Waals surface area contributed by atoms with Crippen LogP contribution in [0.4, 0.5) is 0 Å². The molecule has 100 valence electrons. The molecule has 0 aliphatic rings. The van der Waals surface area contributed by atoms with Crippen molar-refractivity contribution in [2.24, 2.45) is 0 Å². The van der Waals surface area contributed by atoms with Gasteiger partial charge >= 0.3 is 0 Å². The van der Waals surface area contributed by atoms with E-state index >= 15 is 0 Å². The number of aromatic nitrogens is 2. The highest BCUT2D eigenvalue weighted by molar-refractivity contribution is 6.41. The van der Waals surface area contributed by atoms with Crippen molar-refractivity contribution in [1.29, 1.82) is 0 Å². The van der Waals surface area contributed by atoms with Crippen LogP contribution in [0.2, 0.25) is 10.2 Å². The van der Waals surface area contributed by atoms with Crippen LogP contribution in [0.15, 0.2) is 42.5 Å². The van der Waals surface area contributed by atoms with Crippen LogP contribution in [0.1, 0.15) is 12.5 Å². The quantitative estimate of drug-likeness (QED) is 0.611. The van der Waals surface area contributed by atoms with Crippen LogP contribution in [-0.2, 0) is 6.42 Å². The van der Waals surface area contributed by atoms with Gasteiger partial charge in [-0.1, -0.05) is 60.5 Å². The normalized spacial score (nSPS) is 10.9. The van der Waals surface area contributed by atoms with Crippen molar-refractivity contribution < 1.29 is 0 Å². The molecule has 0 amide bonds. The molecule has 0 aliphatic heterocycles. The average molecular weight is 303 g/mol. The summed E-state index contributed by atoms with van der Waals surface area (Å²) in [4.78, 5) is 8.90. The monoisotopic (exact) mass is 302 g/mol. The molecule has 0 saturated heterocycles. The second kappa shape index (κ2) is 5.39. The summed E-state index contributed by atoms with van der Waals surface area (Å²) in [6.07, 6.45) is 1.01. The van der Waals surface area contributed by atoms with E-state index in [1.165, 1.54) is 5.56 Å². The molecule has 1 heterocycles. The lowest BCUT2D eigenvalue weighted by atomic mass is 10.1. The van der Waals surface area contributed by atoms with Gasteiger partial charge in [0.2, 0.25) is 0 Å². The van der Waals surface area contributed by atoms with Gasteiger partial charge in [0.15, 0.2) is 5.82 Å². The lowest BCUT2D eigenvalue weighted by Crippen LogP contribution is -1.92. The lowest BCUT2D eigenvalue weighted by Gasteiger charge is -2.06. The average Bonchev–Trinajstić information content (AvgIpc) is 2.47. The molecule has 3 rings (SSSR count). The van der Waals surface area contributed by atoms with Gasteiger partial charge in [0.25, 0.3) is 0 Å². The first-order valence-electron chi connectivity index (χ1n) is 6.40. The van der Waals surface area contributed by atoms with Crippen LogP contribution < -0.4 is 0 Å². The molecule has 3 aromatic rings. The van der Waals surface area contributed by atoms with Crippen molar-refractivity contribution in [1.82, 2.24) is 9.97 Å². The molecule has 4 heteroatoms. The van der Waals surface area contributed by atoms with Crippen molar-refractivity contribution >= 4 is 34.1 Å². The topological polar surface area (TPSA) is 25.8 Å². The van der Waals surface area contributed by atoms with Gasteiger partial charge < -0.3 is 0 Å². The van der Waals surface area contributed by atoms with Crippen LogP contribution >= 0.6 is 23.2 Å². The summed E-state index contributed by atoms with van der Waals surface area (Å²) in [6, 6.07) is 13.7. The smallest absolute Gasteiger partial charge is 0.161 e. The second-order valence-corrected chi connectivity index (χ2v) is 5.29. The first-order chi connectivity index (χ1) is 9.69. The molecule has 0 N–H and O–H groups in total. The molecular weight excluding hydrogens is 291 g/mol. The minimum Gasteiger partial charge on any atom is -0.228 e. The largest absolute Gasteiger partial charge is 0.228 e. The molecule has 0 fully saturated rings. The number of aryl methyl sites for hydroxylation is 1. The Morgan fingerprint density at radius 1 is 0.950 bits per heavy atom. The Labute approximate surface area is 127 Å². The Bertz CT molecular complexity index is 767. The minimum absolute atomic E-state index is 0.384. The summed E-state index contributed by atoms with van der Waals surface area (Å²) in [5, 5.41) is 1.65. The fourth-order valence-electron chi connectivity index (χ4n) is 2.12. The Hall–Kier alpha value is -1.64. The highest BCUT2D eigenvalue weighted by atomic mass is 35.5. The van der Waals surface area contributed by atoms with Gasteiger partial charge in [-0.3, -0.25) is 0 Å². The standard InChI is InChI=1S/C16H12Cl2N2/c1-2-10-6-8-11(9-7-10)16-19-13-5-3-4-12(17)14(13)15(18)20-16/h3-9H,2H2,1H3. The fraction of sp³-hybridized carbons (Fsp3) is 0.125. The molecule has 0 saturated carbocycles. The molecule has 0 aliphatic carbocycles. The Balaban J connectivity index is 2.17. The fourth-order valence-corrected chi connectivity index (χ4v) is 2.70. The first-order valence-corrected chi connectivity index (χ1v) is 7.15. The van der Waals surface area contributed by atoms with Crippen LogP contribution in [0.5, 0.6) is 0 Å². The number of hydrogen-bond donors (Lipinski definition) is 0. The molecule has 2 aromatic carbocycles. The van der Waals surface area contributed by atoms with Gasteiger partial charge in [0, 0.05) is 5.56 Å². The zero-order valence-electron chi connectivity index (χ0n) is 10.9. The molecule has 20 heavy (non-hydrogen) atoms. The maximum absolute atomic E-state index is 6.24. The molecule has 0 bridgehead atoms. The number of nitrogens with zero attached hydrogens (tertiary/aromatic N) is 2. The van der Waals surface area contributed by atoms with Gasteiger partial charge in [-0.15, -0.1) is 0 Å². The molecule has 1 aromatic heterocycles. The Kier molecular flexibility index (Phi) is 3.60. The highest BCUT2D eigenvalue weighted by Crippen LogP contribution is 2.30. The number of benzene rings is 2. The summed E-state index contributed by atoms with van der Waals surface area (Å²) in [7, 11) is 0. The Morgan fingerprint density at radius 2 is 1.70 bits per heavy atom. The third-order valence-corrected chi connectivity index (χ3v) is 3.84. The predicted molar refractivity (Wildman–Crippen MR) is 84.4 cm³/mol. The maximum atomic E-state index is 6.24. The first kappa shape index (κ1) is 13.3. The number of hydrogen-bond acceptors (Lipinski definition) is 2. The van der Waals surface area contributed by atoms with E-state index in [-0.39, 0.29) is 0 Å². The van der Waals surface area contributed by atoms with E-state index in [4.69, 9.17) is 23.2 Å². The van der Waals surface area contributed by atoms with E-state index in [1.54, 1.807) is 6.07 Å². The highest BCUT2D eigenvalue weighted by Gasteiger charge is 2.10. The van der Waals surface area contributed by atoms with Crippen LogP contribution in [0.3, 0.4) is 0 Å². The second-order valence-electron chi connectivity index (χ2n) is 4.52. The molecular formula is C16H12Cl2N2. The van der Waals surface area contributed by atoms with Crippen LogP contribution in [0.25, 0.3) is 22.3 Å². The third-order valence-electron chi connectivity index (χ3n) is 3.25.